The van der Waals surface area contributed by atoms with Gasteiger partial charge in [0.1, 0.15) is 19.3 Å². The van der Waals surface area contributed by atoms with Crippen LogP contribution in [0.3, 0.4) is 0 Å². The van der Waals surface area contributed by atoms with Crippen molar-refractivity contribution in [3.63, 3.8) is 0 Å². The van der Waals surface area contributed by atoms with Crippen LogP contribution in [-0.2, 0) is 14.8 Å². The zero-order chi connectivity index (χ0) is 18.3. The number of hydrogen-bond donors (Lipinski definition) is 1. The number of carbonyl (C=O) groups is 1. The summed E-state index contributed by atoms with van der Waals surface area (Å²) in [5.74, 6) is 1.00. The number of sulfonamides is 1. The Labute approximate surface area is 153 Å². The summed E-state index contributed by atoms with van der Waals surface area (Å²) < 4.78 is 39.4. The van der Waals surface area contributed by atoms with Gasteiger partial charge in [-0.25, -0.2) is 8.42 Å². The van der Waals surface area contributed by atoms with Crippen molar-refractivity contribution < 1.29 is 22.7 Å². The lowest BCUT2D eigenvalue weighted by Gasteiger charge is -2.32. The smallest absolute Gasteiger partial charge is 0.244 e. The lowest BCUT2D eigenvalue weighted by atomic mass is 9.85. The van der Waals surface area contributed by atoms with Crippen LogP contribution in [0.2, 0.25) is 0 Å². The number of rotatable bonds is 3. The molecule has 1 saturated carbocycles. The molecule has 0 aromatic heterocycles. The standard InChI is InChI=1S/C18H24N2O5S/c1-19-18(21)15-10-12-4-2-3-5-14(12)20(15)26(22,23)13-6-7-16-17(11-13)25-9-8-24-16/h6-7,11-12,14-15H,2-5,8-10H2,1H3,(H,19,21)/t12-,14-,15+/m1/s1. The molecule has 0 bridgehead atoms. The molecule has 3 aliphatic rings. The van der Waals surface area contributed by atoms with Crippen LogP contribution >= 0.6 is 0 Å². The lowest BCUT2D eigenvalue weighted by Crippen LogP contribution is -2.48. The molecule has 142 valence electrons. The molecule has 2 heterocycles. The zero-order valence-corrected chi connectivity index (χ0v) is 15.6. The molecule has 1 aromatic carbocycles. The number of benzene rings is 1. The van der Waals surface area contributed by atoms with E-state index in [0.29, 0.717) is 31.1 Å². The van der Waals surface area contributed by atoms with E-state index in [1.54, 1.807) is 19.2 Å². The van der Waals surface area contributed by atoms with Crippen LogP contribution in [-0.4, -0.2) is 51.0 Å². The maximum atomic E-state index is 13.5. The summed E-state index contributed by atoms with van der Waals surface area (Å²) in [5.41, 5.74) is 0. The van der Waals surface area contributed by atoms with Gasteiger partial charge in [-0.1, -0.05) is 12.8 Å². The highest BCUT2D eigenvalue weighted by molar-refractivity contribution is 7.89. The Balaban J connectivity index is 1.73. The number of fused-ring (bicyclic) bond motifs is 2. The Morgan fingerprint density at radius 3 is 2.65 bits per heavy atom. The van der Waals surface area contributed by atoms with E-state index in [-0.39, 0.29) is 22.8 Å². The third-order valence-electron chi connectivity index (χ3n) is 5.67. The molecular formula is C18H24N2O5S. The van der Waals surface area contributed by atoms with Gasteiger partial charge in [-0.15, -0.1) is 0 Å². The van der Waals surface area contributed by atoms with Crippen molar-refractivity contribution in [2.24, 2.45) is 5.92 Å². The van der Waals surface area contributed by atoms with Gasteiger partial charge in [0.2, 0.25) is 15.9 Å². The van der Waals surface area contributed by atoms with E-state index in [1.165, 1.54) is 10.4 Å². The molecular weight excluding hydrogens is 356 g/mol. The molecule has 2 fully saturated rings. The summed E-state index contributed by atoms with van der Waals surface area (Å²) in [6, 6.07) is 3.93. The van der Waals surface area contributed by atoms with Crippen molar-refractivity contribution in [3.05, 3.63) is 18.2 Å². The molecule has 3 atom stereocenters. The molecule has 1 N–H and O–H groups in total. The summed E-state index contributed by atoms with van der Waals surface area (Å²) in [6.45, 7) is 0.847. The Bertz CT molecular complexity index is 810. The van der Waals surface area contributed by atoms with E-state index < -0.39 is 16.1 Å². The van der Waals surface area contributed by atoms with Crippen molar-refractivity contribution in [2.75, 3.05) is 20.3 Å². The first-order chi connectivity index (χ1) is 12.5. The Hall–Kier alpha value is -1.80. The monoisotopic (exact) mass is 380 g/mol. The van der Waals surface area contributed by atoms with Crippen molar-refractivity contribution in [2.45, 2.75) is 49.1 Å². The summed E-state index contributed by atoms with van der Waals surface area (Å²) in [6.07, 6.45) is 4.47. The molecule has 7 nitrogen and oxygen atoms in total. The summed E-state index contributed by atoms with van der Waals surface area (Å²) in [4.78, 5) is 12.6. The summed E-state index contributed by atoms with van der Waals surface area (Å²) in [7, 11) is -2.26. The average Bonchev–Trinajstić information content (AvgIpc) is 3.07. The van der Waals surface area contributed by atoms with Crippen molar-refractivity contribution in [1.82, 2.24) is 9.62 Å². The maximum absolute atomic E-state index is 13.5. The van der Waals surface area contributed by atoms with Gasteiger partial charge in [-0.05, 0) is 37.3 Å². The number of amides is 1. The highest BCUT2D eigenvalue weighted by Crippen LogP contribution is 2.43. The topological polar surface area (TPSA) is 84.9 Å². The van der Waals surface area contributed by atoms with E-state index in [0.717, 1.165) is 25.7 Å². The van der Waals surface area contributed by atoms with Gasteiger partial charge in [0, 0.05) is 19.2 Å². The molecule has 1 aromatic rings. The number of hydrogen-bond acceptors (Lipinski definition) is 5. The minimum absolute atomic E-state index is 0.107. The second kappa shape index (κ2) is 6.74. The number of nitrogens with zero attached hydrogens (tertiary/aromatic N) is 1. The van der Waals surface area contributed by atoms with Crippen LogP contribution < -0.4 is 14.8 Å². The van der Waals surface area contributed by atoms with E-state index in [9.17, 15) is 13.2 Å². The SMILES string of the molecule is CNC(=O)[C@@H]1C[C@H]2CCCC[C@H]2N1S(=O)(=O)c1ccc2c(c1)OCCO2. The predicted octanol–water partition coefficient (Wildman–Crippen LogP) is 1.53. The van der Waals surface area contributed by atoms with Gasteiger partial charge < -0.3 is 14.8 Å². The Morgan fingerprint density at radius 2 is 1.88 bits per heavy atom. The molecule has 4 rings (SSSR count). The van der Waals surface area contributed by atoms with Gasteiger partial charge in [-0.3, -0.25) is 4.79 Å². The fraction of sp³-hybridized carbons (Fsp3) is 0.611. The van der Waals surface area contributed by atoms with Gasteiger partial charge in [0.15, 0.2) is 11.5 Å². The lowest BCUT2D eigenvalue weighted by molar-refractivity contribution is -0.123. The number of nitrogens with one attached hydrogen (secondary N) is 1. The third kappa shape index (κ3) is 2.85. The van der Waals surface area contributed by atoms with Crippen LogP contribution in [0.4, 0.5) is 0 Å². The minimum atomic E-state index is -3.81. The zero-order valence-electron chi connectivity index (χ0n) is 14.8. The van der Waals surface area contributed by atoms with E-state index in [4.69, 9.17) is 9.47 Å². The van der Waals surface area contributed by atoms with Crippen molar-refractivity contribution >= 4 is 15.9 Å². The van der Waals surface area contributed by atoms with Crippen molar-refractivity contribution in [3.8, 4) is 11.5 Å². The van der Waals surface area contributed by atoms with E-state index in [1.807, 2.05) is 0 Å². The molecule has 0 unspecified atom stereocenters. The number of ether oxygens (including phenoxy) is 2. The van der Waals surface area contributed by atoms with Crippen LogP contribution in [0.1, 0.15) is 32.1 Å². The first kappa shape index (κ1) is 17.6. The van der Waals surface area contributed by atoms with E-state index in [2.05, 4.69) is 5.32 Å². The van der Waals surface area contributed by atoms with Gasteiger partial charge in [0.25, 0.3) is 0 Å². The van der Waals surface area contributed by atoms with Crippen LogP contribution in [0.15, 0.2) is 23.1 Å². The molecule has 26 heavy (non-hydrogen) atoms. The Kier molecular flexibility index (Phi) is 4.56. The van der Waals surface area contributed by atoms with Crippen molar-refractivity contribution in [1.29, 1.82) is 0 Å². The number of carbonyl (C=O) groups excluding carboxylic acids is 1. The minimum Gasteiger partial charge on any atom is -0.486 e. The maximum Gasteiger partial charge on any atom is 0.244 e. The molecule has 8 heteroatoms. The second-order valence-electron chi connectivity index (χ2n) is 7.12. The predicted molar refractivity (Wildman–Crippen MR) is 94.7 cm³/mol. The third-order valence-corrected chi connectivity index (χ3v) is 7.60. The van der Waals surface area contributed by atoms with Gasteiger partial charge in [-0.2, -0.15) is 4.31 Å². The molecule has 1 aliphatic carbocycles. The Morgan fingerprint density at radius 1 is 1.15 bits per heavy atom. The first-order valence-electron chi connectivity index (χ1n) is 9.17. The second-order valence-corrected chi connectivity index (χ2v) is 8.96. The normalized spacial score (nSPS) is 28.4. The quantitative estimate of drug-likeness (QED) is 0.860. The summed E-state index contributed by atoms with van der Waals surface area (Å²) >= 11 is 0. The molecule has 1 amide bonds. The summed E-state index contributed by atoms with van der Waals surface area (Å²) in [5, 5.41) is 2.63. The average molecular weight is 380 g/mol. The molecule has 0 spiro atoms. The fourth-order valence-electron chi connectivity index (χ4n) is 4.46. The number of likely N-dealkylation sites (N-methyl/N-ethyl adjacent to an activating group) is 1. The molecule has 1 saturated heterocycles. The highest BCUT2D eigenvalue weighted by Gasteiger charge is 2.50. The molecule has 0 radical (unpaired) electrons. The fourth-order valence-corrected chi connectivity index (χ4v) is 6.35. The van der Waals surface area contributed by atoms with Crippen LogP contribution in [0.25, 0.3) is 0 Å². The largest absolute Gasteiger partial charge is 0.486 e. The van der Waals surface area contributed by atoms with Gasteiger partial charge >= 0.3 is 0 Å². The van der Waals surface area contributed by atoms with Gasteiger partial charge in [0.05, 0.1) is 4.90 Å². The van der Waals surface area contributed by atoms with Crippen LogP contribution in [0, 0.1) is 5.92 Å². The van der Waals surface area contributed by atoms with Crippen LogP contribution in [0.5, 0.6) is 11.5 Å². The van der Waals surface area contributed by atoms with E-state index >= 15 is 0 Å². The highest BCUT2D eigenvalue weighted by atomic mass is 32.2. The first-order valence-corrected chi connectivity index (χ1v) is 10.6. The molecule has 2 aliphatic heterocycles.